The van der Waals surface area contributed by atoms with Gasteiger partial charge in [-0.05, 0) is 25.8 Å². The standard InChI is InChI=1S/C15H18F2N2O.ClH/c16-15(17,11-4-2-1-3-5-11)14(20)19-12-6-7-13(19)10-18-9-8-12;/h1-5,12-13,18H,6-10H2;1H. The summed E-state index contributed by atoms with van der Waals surface area (Å²) in [5.41, 5.74) is -0.221. The Morgan fingerprint density at radius 2 is 1.81 bits per heavy atom. The van der Waals surface area contributed by atoms with Crippen molar-refractivity contribution in [1.82, 2.24) is 10.2 Å². The van der Waals surface area contributed by atoms with Crippen LogP contribution in [0.3, 0.4) is 0 Å². The summed E-state index contributed by atoms with van der Waals surface area (Å²) in [5.74, 6) is -4.48. The maximum absolute atomic E-state index is 14.4. The second kappa shape index (κ2) is 6.28. The predicted octanol–water partition coefficient (Wildman–Crippen LogP) is 2.55. The smallest absolute Gasteiger partial charge is 0.330 e. The van der Waals surface area contributed by atoms with E-state index >= 15 is 0 Å². The molecule has 0 saturated carbocycles. The molecule has 1 amide bonds. The van der Waals surface area contributed by atoms with Crippen LogP contribution in [0.5, 0.6) is 0 Å². The van der Waals surface area contributed by atoms with Crippen LogP contribution in [0.1, 0.15) is 24.8 Å². The zero-order valence-corrected chi connectivity index (χ0v) is 12.4. The highest BCUT2D eigenvalue weighted by Crippen LogP contribution is 2.36. The van der Waals surface area contributed by atoms with Crippen molar-refractivity contribution in [3.63, 3.8) is 0 Å². The molecule has 21 heavy (non-hydrogen) atoms. The fourth-order valence-corrected chi connectivity index (χ4v) is 3.25. The first kappa shape index (κ1) is 16.2. The fraction of sp³-hybridized carbons (Fsp3) is 0.533. The van der Waals surface area contributed by atoms with E-state index in [1.54, 1.807) is 6.07 Å². The number of hydrogen-bond donors (Lipinski definition) is 1. The predicted molar refractivity (Wildman–Crippen MR) is 78.7 cm³/mol. The van der Waals surface area contributed by atoms with E-state index < -0.39 is 11.8 Å². The number of halogens is 3. The van der Waals surface area contributed by atoms with Crippen LogP contribution in [0.15, 0.2) is 30.3 Å². The van der Waals surface area contributed by atoms with E-state index in [2.05, 4.69) is 5.32 Å². The summed E-state index contributed by atoms with van der Waals surface area (Å²) in [6.07, 6.45) is 2.41. The lowest BCUT2D eigenvalue weighted by Crippen LogP contribution is -2.49. The van der Waals surface area contributed by atoms with Gasteiger partial charge < -0.3 is 10.2 Å². The Balaban J connectivity index is 0.00000161. The fourth-order valence-electron chi connectivity index (χ4n) is 3.25. The molecule has 0 radical (unpaired) electrons. The first-order chi connectivity index (χ1) is 9.60. The Morgan fingerprint density at radius 3 is 2.52 bits per heavy atom. The van der Waals surface area contributed by atoms with Gasteiger partial charge in [0, 0.05) is 24.2 Å². The molecule has 6 heteroatoms. The quantitative estimate of drug-likeness (QED) is 0.909. The summed E-state index contributed by atoms with van der Waals surface area (Å²) in [5, 5.41) is 3.22. The molecule has 1 aromatic rings. The third kappa shape index (κ3) is 2.90. The highest BCUT2D eigenvalue weighted by atomic mass is 35.5. The molecule has 0 aromatic heterocycles. The minimum Gasteiger partial charge on any atom is -0.330 e. The summed E-state index contributed by atoms with van der Waals surface area (Å²) in [4.78, 5) is 13.8. The minimum absolute atomic E-state index is 0. The van der Waals surface area contributed by atoms with Crippen LogP contribution in [-0.2, 0) is 10.7 Å². The van der Waals surface area contributed by atoms with Crippen LogP contribution in [0.4, 0.5) is 8.78 Å². The molecule has 2 heterocycles. The lowest BCUT2D eigenvalue weighted by Gasteiger charge is -2.31. The lowest BCUT2D eigenvalue weighted by molar-refractivity contribution is -0.162. The van der Waals surface area contributed by atoms with E-state index in [0.29, 0.717) is 6.54 Å². The number of rotatable bonds is 2. The molecule has 116 valence electrons. The van der Waals surface area contributed by atoms with Crippen LogP contribution in [-0.4, -0.2) is 36.0 Å². The monoisotopic (exact) mass is 316 g/mol. The highest BCUT2D eigenvalue weighted by molar-refractivity contribution is 5.86. The van der Waals surface area contributed by atoms with Crippen molar-refractivity contribution in [2.45, 2.75) is 37.3 Å². The molecule has 2 aliphatic rings. The molecule has 2 fully saturated rings. The molecule has 0 spiro atoms. The van der Waals surface area contributed by atoms with Crippen molar-refractivity contribution in [3.8, 4) is 0 Å². The molecular formula is C15H19ClF2N2O. The van der Waals surface area contributed by atoms with Gasteiger partial charge in [0.1, 0.15) is 0 Å². The molecule has 1 aromatic carbocycles. The van der Waals surface area contributed by atoms with E-state index in [1.807, 2.05) is 0 Å². The number of amides is 1. The summed E-state index contributed by atoms with van der Waals surface area (Å²) < 4.78 is 28.9. The average Bonchev–Trinajstić information content (AvgIpc) is 2.72. The number of benzene rings is 1. The van der Waals surface area contributed by atoms with Crippen molar-refractivity contribution in [2.24, 2.45) is 0 Å². The van der Waals surface area contributed by atoms with Gasteiger partial charge in [0.05, 0.1) is 0 Å². The zero-order valence-electron chi connectivity index (χ0n) is 11.6. The van der Waals surface area contributed by atoms with Crippen LogP contribution in [0, 0.1) is 0 Å². The number of carbonyl (C=O) groups excluding carboxylic acids is 1. The van der Waals surface area contributed by atoms with E-state index in [1.165, 1.54) is 29.2 Å². The topological polar surface area (TPSA) is 32.3 Å². The average molecular weight is 317 g/mol. The molecule has 0 aliphatic carbocycles. The van der Waals surface area contributed by atoms with Crippen LogP contribution in [0.2, 0.25) is 0 Å². The Hall–Kier alpha value is -1.20. The van der Waals surface area contributed by atoms with Gasteiger partial charge in [0.15, 0.2) is 0 Å². The van der Waals surface area contributed by atoms with Gasteiger partial charge in [-0.1, -0.05) is 30.3 Å². The van der Waals surface area contributed by atoms with Gasteiger partial charge in [-0.25, -0.2) is 0 Å². The maximum atomic E-state index is 14.4. The Labute approximate surface area is 129 Å². The van der Waals surface area contributed by atoms with E-state index in [9.17, 15) is 13.6 Å². The minimum atomic E-state index is -3.44. The molecule has 3 rings (SSSR count). The number of fused-ring (bicyclic) bond motifs is 2. The Bertz CT molecular complexity index is 484. The molecule has 2 saturated heterocycles. The summed E-state index contributed by atoms with van der Waals surface area (Å²) >= 11 is 0. The first-order valence-electron chi connectivity index (χ1n) is 7.07. The largest absolute Gasteiger partial charge is 0.349 e. The number of carbonyl (C=O) groups is 1. The number of nitrogens with zero attached hydrogens (tertiary/aromatic N) is 1. The van der Waals surface area contributed by atoms with Gasteiger partial charge in [-0.3, -0.25) is 4.79 Å². The van der Waals surface area contributed by atoms with Gasteiger partial charge in [-0.15, -0.1) is 12.4 Å². The van der Waals surface area contributed by atoms with Gasteiger partial charge in [0.2, 0.25) is 0 Å². The molecular weight excluding hydrogens is 298 g/mol. The second-order valence-electron chi connectivity index (χ2n) is 5.53. The van der Waals surface area contributed by atoms with Crippen molar-refractivity contribution >= 4 is 18.3 Å². The highest BCUT2D eigenvalue weighted by Gasteiger charge is 2.49. The van der Waals surface area contributed by atoms with Gasteiger partial charge in [0.25, 0.3) is 5.91 Å². The van der Waals surface area contributed by atoms with Gasteiger partial charge in [-0.2, -0.15) is 8.78 Å². The van der Waals surface area contributed by atoms with Gasteiger partial charge >= 0.3 is 5.92 Å². The summed E-state index contributed by atoms with van der Waals surface area (Å²) in [6, 6.07) is 7.24. The first-order valence-corrected chi connectivity index (χ1v) is 7.07. The number of nitrogens with one attached hydrogen (secondary N) is 1. The molecule has 2 unspecified atom stereocenters. The third-order valence-electron chi connectivity index (χ3n) is 4.29. The van der Waals surface area contributed by atoms with Crippen LogP contribution < -0.4 is 5.32 Å². The van der Waals surface area contributed by atoms with E-state index in [4.69, 9.17) is 0 Å². The van der Waals surface area contributed by atoms with Crippen molar-refractivity contribution in [2.75, 3.05) is 13.1 Å². The number of hydrogen-bond acceptors (Lipinski definition) is 2. The maximum Gasteiger partial charge on any atom is 0.349 e. The summed E-state index contributed by atoms with van der Waals surface area (Å²) in [6.45, 7) is 1.41. The number of alkyl halides is 2. The Morgan fingerprint density at radius 1 is 1.14 bits per heavy atom. The normalized spacial score (nSPS) is 25.1. The molecule has 3 nitrogen and oxygen atoms in total. The van der Waals surface area contributed by atoms with Crippen molar-refractivity contribution < 1.29 is 13.6 Å². The third-order valence-corrected chi connectivity index (χ3v) is 4.29. The second-order valence-corrected chi connectivity index (χ2v) is 5.53. The Kier molecular flexibility index (Phi) is 4.84. The molecule has 2 atom stereocenters. The van der Waals surface area contributed by atoms with E-state index in [0.717, 1.165) is 25.8 Å². The molecule has 2 aliphatic heterocycles. The lowest BCUT2D eigenvalue weighted by atomic mass is 10.1. The molecule has 2 bridgehead atoms. The SMILES string of the molecule is Cl.O=C(N1C2CCNCC1CC2)C(F)(F)c1ccccc1. The van der Waals surface area contributed by atoms with Crippen molar-refractivity contribution in [3.05, 3.63) is 35.9 Å². The van der Waals surface area contributed by atoms with Crippen LogP contribution in [0.25, 0.3) is 0 Å². The zero-order chi connectivity index (χ0) is 14.2. The van der Waals surface area contributed by atoms with E-state index in [-0.39, 0.29) is 30.1 Å². The van der Waals surface area contributed by atoms with Crippen LogP contribution >= 0.6 is 12.4 Å². The molecule has 1 N–H and O–H groups in total. The van der Waals surface area contributed by atoms with Crippen molar-refractivity contribution in [1.29, 1.82) is 0 Å². The summed E-state index contributed by atoms with van der Waals surface area (Å²) in [7, 11) is 0.